The Balaban J connectivity index is 0.00000256. The minimum absolute atomic E-state index is 0. The Labute approximate surface area is 96.9 Å². The highest BCUT2D eigenvalue weighted by molar-refractivity contribution is 5.92. The molecule has 0 amide bonds. The quantitative estimate of drug-likeness (QED) is 0.639. The summed E-state index contributed by atoms with van der Waals surface area (Å²) in [4.78, 5) is 20.5. The van der Waals surface area contributed by atoms with E-state index in [1.165, 1.54) is 0 Å². The first-order valence-electron chi connectivity index (χ1n) is 3.61. The lowest BCUT2D eigenvalue weighted by molar-refractivity contribution is 0.0658. The molecule has 0 radical (unpaired) electrons. The van der Waals surface area contributed by atoms with Gasteiger partial charge in [0.15, 0.2) is 23.3 Å². The second kappa shape index (κ2) is 5.00. The van der Waals surface area contributed by atoms with E-state index in [-0.39, 0.29) is 12.4 Å². The summed E-state index contributed by atoms with van der Waals surface area (Å²) in [5.74, 6) is -13.5. The SMILES string of the molecule is Cl.O=C(O)c1c(F)c(F)c(C(=O)O)c(F)c1F. The van der Waals surface area contributed by atoms with E-state index in [0.717, 1.165) is 0 Å². The zero-order valence-corrected chi connectivity index (χ0v) is 8.45. The maximum atomic E-state index is 12.9. The Morgan fingerprint density at radius 3 is 1.00 bits per heavy atom. The number of halogens is 5. The van der Waals surface area contributed by atoms with Gasteiger partial charge in [-0.3, -0.25) is 0 Å². The van der Waals surface area contributed by atoms with Gasteiger partial charge in [0.05, 0.1) is 0 Å². The summed E-state index contributed by atoms with van der Waals surface area (Å²) >= 11 is 0. The van der Waals surface area contributed by atoms with E-state index >= 15 is 0 Å². The van der Waals surface area contributed by atoms with Crippen molar-refractivity contribution in [3.63, 3.8) is 0 Å². The van der Waals surface area contributed by atoms with Crippen LogP contribution in [0.3, 0.4) is 0 Å². The lowest BCUT2D eigenvalue weighted by Gasteiger charge is -2.05. The molecule has 0 heterocycles. The molecule has 0 spiro atoms. The first-order chi connectivity index (χ1) is 7.29. The van der Waals surface area contributed by atoms with Crippen LogP contribution in [0.1, 0.15) is 20.7 Å². The third-order valence-corrected chi connectivity index (χ3v) is 1.69. The highest BCUT2D eigenvalue weighted by Gasteiger charge is 2.31. The molecular weight excluding hydrogens is 272 g/mol. The van der Waals surface area contributed by atoms with Crippen molar-refractivity contribution in [3.8, 4) is 0 Å². The van der Waals surface area contributed by atoms with Crippen LogP contribution in [-0.2, 0) is 0 Å². The van der Waals surface area contributed by atoms with E-state index in [1.54, 1.807) is 0 Å². The number of hydrogen-bond donors (Lipinski definition) is 2. The lowest BCUT2D eigenvalue weighted by atomic mass is 10.1. The number of benzene rings is 1. The van der Waals surface area contributed by atoms with E-state index in [2.05, 4.69) is 0 Å². The zero-order chi connectivity index (χ0) is 12.6. The number of hydrogen-bond acceptors (Lipinski definition) is 2. The van der Waals surface area contributed by atoms with Crippen molar-refractivity contribution in [1.29, 1.82) is 0 Å². The van der Waals surface area contributed by atoms with Gasteiger partial charge in [0.25, 0.3) is 0 Å². The molecule has 1 rings (SSSR count). The predicted octanol–water partition coefficient (Wildman–Crippen LogP) is 2.06. The minimum atomic E-state index is -2.26. The summed E-state index contributed by atoms with van der Waals surface area (Å²) < 4.78 is 51.6. The van der Waals surface area contributed by atoms with Crippen molar-refractivity contribution >= 4 is 24.3 Å². The normalized spacial score (nSPS) is 9.65. The Morgan fingerprint density at radius 1 is 0.706 bits per heavy atom. The molecule has 1 aromatic rings. The number of carboxylic acids is 2. The monoisotopic (exact) mass is 274 g/mol. The van der Waals surface area contributed by atoms with Crippen molar-refractivity contribution in [2.45, 2.75) is 0 Å². The summed E-state index contributed by atoms with van der Waals surface area (Å²) in [7, 11) is 0. The molecule has 0 saturated carbocycles. The Morgan fingerprint density at radius 2 is 0.882 bits per heavy atom. The van der Waals surface area contributed by atoms with E-state index in [1.807, 2.05) is 0 Å². The second-order valence-electron chi connectivity index (χ2n) is 2.62. The van der Waals surface area contributed by atoms with E-state index in [0.29, 0.717) is 0 Å². The maximum absolute atomic E-state index is 12.9. The molecule has 0 fully saturated rings. The Bertz CT molecular complexity index is 429. The molecule has 0 aromatic heterocycles. The number of aromatic carboxylic acids is 2. The molecule has 0 aliphatic carbocycles. The summed E-state index contributed by atoms with van der Waals surface area (Å²) in [6.45, 7) is 0. The molecule has 4 nitrogen and oxygen atoms in total. The van der Waals surface area contributed by atoms with Crippen LogP contribution in [0.4, 0.5) is 17.6 Å². The van der Waals surface area contributed by atoms with Crippen molar-refractivity contribution < 1.29 is 37.4 Å². The zero-order valence-electron chi connectivity index (χ0n) is 7.63. The Kier molecular flexibility index (Phi) is 4.46. The number of carboxylic acid groups (broad SMARTS) is 2. The van der Waals surface area contributed by atoms with Crippen molar-refractivity contribution in [2.24, 2.45) is 0 Å². The van der Waals surface area contributed by atoms with Gasteiger partial charge in [0.2, 0.25) is 0 Å². The molecule has 0 bridgehead atoms. The van der Waals surface area contributed by atoms with Gasteiger partial charge in [-0.1, -0.05) is 0 Å². The maximum Gasteiger partial charge on any atom is 0.341 e. The molecule has 17 heavy (non-hydrogen) atoms. The van der Waals surface area contributed by atoms with Gasteiger partial charge >= 0.3 is 11.9 Å². The fourth-order valence-electron chi connectivity index (χ4n) is 1.01. The van der Waals surface area contributed by atoms with Gasteiger partial charge in [0.1, 0.15) is 11.1 Å². The van der Waals surface area contributed by atoms with Crippen LogP contribution in [0.5, 0.6) is 0 Å². The fraction of sp³-hybridized carbons (Fsp3) is 0. The third-order valence-electron chi connectivity index (χ3n) is 1.69. The first-order valence-corrected chi connectivity index (χ1v) is 3.61. The van der Waals surface area contributed by atoms with Gasteiger partial charge in [-0.2, -0.15) is 0 Å². The molecule has 94 valence electrons. The summed E-state index contributed by atoms with van der Waals surface area (Å²) in [5, 5.41) is 16.5. The lowest BCUT2D eigenvalue weighted by Crippen LogP contribution is -2.15. The number of carbonyl (C=O) groups is 2. The second-order valence-corrected chi connectivity index (χ2v) is 2.62. The van der Waals surface area contributed by atoms with Gasteiger partial charge in [-0.15, -0.1) is 12.4 Å². The fourth-order valence-corrected chi connectivity index (χ4v) is 1.01. The molecule has 0 atom stereocenters. The molecular formula is C8H3ClF4O4. The van der Waals surface area contributed by atoms with Crippen molar-refractivity contribution in [2.75, 3.05) is 0 Å². The van der Waals surface area contributed by atoms with Crippen LogP contribution in [0.2, 0.25) is 0 Å². The minimum Gasteiger partial charge on any atom is -0.477 e. The van der Waals surface area contributed by atoms with Gasteiger partial charge in [-0.05, 0) is 0 Å². The largest absolute Gasteiger partial charge is 0.477 e. The standard InChI is InChI=1S/C8H2F4O4.ClH/c9-3-1(7(13)14)4(10)6(12)2(5(3)11)8(15)16;/h(H,13,14)(H,15,16);1H. The van der Waals surface area contributed by atoms with Gasteiger partial charge in [0, 0.05) is 0 Å². The molecule has 0 aliphatic rings. The summed E-state index contributed by atoms with van der Waals surface area (Å²) in [5.41, 5.74) is -3.75. The number of rotatable bonds is 2. The topological polar surface area (TPSA) is 74.6 Å². The third kappa shape index (κ3) is 2.31. The van der Waals surface area contributed by atoms with Crippen LogP contribution in [0.15, 0.2) is 0 Å². The highest BCUT2D eigenvalue weighted by Crippen LogP contribution is 2.24. The van der Waals surface area contributed by atoms with Crippen LogP contribution >= 0.6 is 12.4 Å². The predicted molar refractivity (Wildman–Crippen MR) is 47.4 cm³/mol. The van der Waals surface area contributed by atoms with Crippen molar-refractivity contribution in [1.82, 2.24) is 0 Å². The molecule has 0 unspecified atom stereocenters. The van der Waals surface area contributed by atoms with E-state index in [4.69, 9.17) is 10.2 Å². The van der Waals surface area contributed by atoms with Crippen LogP contribution in [-0.4, -0.2) is 22.2 Å². The van der Waals surface area contributed by atoms with Crippen molar-refractivity contribution in [3.05, 3.63) is 34.4 Å². The van der Waals surface area contributed by atoms with Crippen LogP contribution < -0.4 is 0 Å². The van der Waals surface area contributed by atoms with E-state index < -0.39 is 46.3 Å². The van der Waals surface area contributed by atoms with Gasteiger partial charge in [-0.25, -0.2) is 27.2 Å². The summed E-state index contributed by atoms with van der Waals surface area (Å²) in [6.07, 6.45) is 0. The highest BCUT2D eigenvalue weighted by atomic mass is 35.5. The first kappa shape index (κ1) is 15.2. The van der Waals surface area contributed by atoms with Crippen LogP contribution in [0, 0.1) is 23.3 Å². The summed E-state index contributed by atoms with van der Waals surface area (Å²) in [6, 6.07) is 0. The van der Waals surface area contributed by atoms with E-state index in [9.17, 15) is 27.2 Å². The van der Waals surface area contributed by atoms with Gasteiger partial charge < -0.3 is 10.2 Å². The molecule has 9 heteroatoms. The molecule has 0 aliphatic heterocycles. The molecule has 0 saturated heterocycles. The molecule has 1 aromatic carbocycles. The van der Waals surface area contributed by atoms with Crippen LogP contribution in [0.25, 0.3) is 0 Å². The average molecular weight is 275 g/mol. The Hall–Kier alpha value is -1.83. The average Bonchev–Trinajstić information content (AvgIpc) is 2.14. The molecule has 2 N–H and O–H groups in total. The smallest absolute Gasteiger partial charge is 0.341 e.